The molecule has 0 saturated heterocycles. The minimum atomic E-state index is -4.37. The van der Waals surface area contributed by atoms with Crippen LogP contribution in [0.2, 0.25) is 5.02 Å². The van der Waals surface area contributed by atoms with Gasteiger partial charge in [-0.2, -0.15) is 13.2 Å². The second-order valence-corrected chi connectivity index (χ2v) is 5.81. The maximum atomic E-state index is 12.6. The summed E-state index contributed by atoms with van der Waals surface area (Å²) >= 11 is 6.22. The lowest BCUT2D eigenvalue weighted by Crippen LogP contribution is -2.23. The second kappa shape index (κ2) is 11.3. The molecule has 0 amide bonds. The highest BCUT2D eigenvalue weighted by Gasteiger charge is 2.29. The van der Waals surface area contributed by atoms with Gasteiger partial charge in [0.25, 0.3) is 0 Å². The van der Waals surface area contributed by atoms with Crippen LogP contribution in [0.4, 0.5) is 13.2 Å². The Morgan fingerprint density at radius 3 is 2.14 bits per heavy atom. The number of ether oxygens (including phenoxy) is 1. The molecule has 29 heavy (non-hydrogen) atoms. The molecule has 0 atom stereocenters. The van der Waals surface area contributed by atoms with Crippen LogP contribution in [-0.4, -0.2) is 18.2 Å². The predicted molar refractivity (Wildman–Crippen MR) is 110 cm³/mol. The highest BCUT2D eigenvalue weighted by molar-refractivity contribution is 6.34. The third-order valence-electron chi connectivity index (χ3n) is 3.42. The number of guanidine groups is 1. The highest BCUT2D eigenvalue weighted by Crippen LogP contribution is 2.29. The summed E-state index contributed by atoms with van der Waals surface area (Å²) in [5, 5.41) is 7.70. The normalized spacial score (nSPS) is 11.3. The van der Waals surface area contributed by atoms with Crippen LogP contribution in [-0.2, 0) is 12.8 Å². The molecule has 0 aliphatic carbocycles. The number of halogens is 4. The predicted octanol–water partition coefficient (Wildman–Crippen LogP) is 3.90. The van der Waals surface area contributed by atoms with Crippen molar-refractivity contribution in [2.45, 2.75) is 26.6 Å². The van der Waals surface area contributed by atoms with Crippen molar-refractivity contribution < 1.29 is 17.9 Å². The molecule has 0 bridgehead atoms. The third kappa shape index (κ3) is 7.63. The smallest absolute Gasteiger partial charge is 0.416 e. The van der Waals surface area contributed by atoms with Gasteiger partial charge in [-0.25, -0.2) is 0 Å². The monoisotopic (exact) mass is 429 g/mol. The Hall–Kier alpha value is -2.78. The molecular weight excluding hydrogens is 407 g/mol. The summed E-state index contributed by atoms with van der Waals surface area (Å²) in [4.78, 5) is 0. The first-order chi connectivity index (χ1) is 13.7. The third-order valence-corrected chi connectivity index (χ3v) is 3.73. The molecule has 6 N–H and O–H groups in total. The Morgan fingerprint density at radius 2 is 1.66 bits per heavy atom. The lowest BCUT2D eigenvalue weighted by Gasteiger charge is -2.11. The molecule has 0 saturated carbocycles. The molecule has 2 aromatic rings. The number of alkyl halides is 3. The van der Waals surface area contributed by atoms with Gasteiger partial charge in [0.1, 0.15) is 12.4 Å². The zero-order valence-corrected chi connectivity index (χ0v) is 16.8. The van der Waals surface area contributed by atoms with Gasteiger partial charge in [-0.3, -0.25) is 0 Å². The first kappa shape index (κ1) is 24.3. The highest BCUT2D eigenvalue weighted by atomic mass is 35.5. The van der Waals surface area contributed by atoms with Crippen LogP contribution in [0.5, 0.6) is 5.75 Å². The van der Waals surface area contributed by atoms with E-state index >= 15 is 0 Å². The van der Waals surface area contributed by atoms with Crippen LogP contribution in [0, 0.1) is 0 Å². The molecule has 2 rings (SSSR count). The van der Waals surface area contributed by atoms with Gasteiger partial charge in [-0.1, -0.05) is 37.6 Å². The van der Waals surface area contributed by atoms with E-state index < -0.39 is 11.7 Å². The average Bonchev–Trinajstić information content (AvgIpc) is 2.69. The molecule has 0 fully saturated rings. The Kier molecular flexibility index (Phi) is 9.43. The fourth-order valence-corrected chi connectivity index (χ4v) is 2.38. The van der Waals surface area contributed by atoms with Gasteiger partial charge in [0.15, 0.2) is 0 Å². The number of hydrogen-bond donors (Lipinski definition) is 3. The van der Waals surface area contributed by atoms with Crippen molar-refractivity contribution in [2.24, 2.45) is 27.4 Å². The summed E-state index contributed by atoms with van der Waals surface area (Å²) in [7, 11) is 0. The average molecular weight is 430 g/mol. The summed E-state index contributed by atoms with van der Waals surface area (Å²) in [6.45, 7) is 4.14. The van der Waals surface area contributed by atoms with Crippen molar-refractivity contribution >= 4 is 23.3 Å². The van der Waals surface area contributed by atoms with E-state index in [-0.39, 0.29) is 19.1 Å². The van der Waals surface area contributed by atoms with Gasteiger partial charge in [-0.05, 0) is 35.9 Å². The molecule has 0 radical (unpaired) electrons. The molecular formula is C19H23ClF3N5O. The van der Waals surface area contributed by atoms with E-state index in [0.29, 0.717) is 27.6 Å². The number of hydrogen-bond acceptors (Lipinski definition) is 4. The molecule has 0 heterocycles. The molecule has 2 aromatic carbocycles. The minimum absolute atomic E-state index is 0.0578. The van der Waals surface area contributed by atoms with E-state index in [1.54, 1.807) is 18.2 Å². The number of nitrogens with two attached hydrogens (primary N) is 3. The van der Waals surface area contributed by atoms with Crippen LogP contribution in [0.1, 0.15) is 30.5 Å². The lowest BCUT2D eigenvalue weighted by atomic mass is 10.1. The summed E-state index contributed by atoms with van der Waals surface area (Å²) in [6.07, 6.45) is -4.37. The van der Waals surface area contributed by atoms with Crippen molar-refractivity contribution in [1.29, 1.82) is 0 Å². The van der Waals surface area contributed by atoms with E-state index in [9.17, 15) is 13.2 Å². The SMILES string of the molecule is CC.NC/C(=N\N=C(N)N)c1ccc(OCc2ccc(C(F)(F)F)cc2)cc1Cl. The maximum absolute atomic E-state index is 12.6. The Bertz CT molecular complexity index is 848. The van der Waals surface area contributed by atoms with Crippen molar-refractivity contribution in [2.75, 3.05) is 6.54 Å². The van der Waals surface area contributed by atoms with Gasteiger partial charge in [0, 0.05) is 12.1 Å². The van der Waals surface area contributed by atoms with Gasteiger partial charge in [-0.15, -0.1) is 10.2 Å². The standard InChI is InChI=1S/C17H17ClF3N5O.C2H6/c18-14-7-12(5-6-13(14)15(8-22)25-26-16(23)24)27-9-10-1-3-11(4-2-10)17(19,20)21;1-2/h1-7H,8-9,22H2,(H4,23,24,26);1-2H3/b25-15+;. The summed E-state index contributed by atoms with van der Waals surface area (Å²) in [5.74, 6) is 0.218. The fourth-order valence-electron chi connectivity index (χ4n) is 2.10. The Balaban J connectivity index is 0.00000204. The number of benzene rings is 2. The Labute approximate surface area is 172 Å². The van der Waals surface area contributed by atoms with Crippen molar-refractivity contribution in [1.82, 2.24) is 0 Å². The molecule has 0 aromatic heterocycles. The van der Waals surface area contributed by atoms with Gasteiger partial charge in [0.2, 0.25) is 5.96 Å². The van der Waals surface area contributed by atoms with Gasteiger partial charge < -0.3 is 21.9 Å². The molecule has 158 valence electrons. The zero-order chi connectivity index (χ0) is 22.0. The second-order valence-electron chi connectivity index (χ2n) is 5.40. The van der Waals surface area contributed by atoms with Crippen LogP contribution in [0.15, 0.2) is 52.7 Å². The largest absolute Gasteiger partial charge is 0.489 e. The molecule has 0 spiro atoms. The molecule has 0 unspecified atom stereocenters. The number of rotatable bonds is 6. The van der Waals surface area contributed by atoms with Crippen molar-refractivity contribution in [3.05, 3.63) is 64.2 Å². The van der Waals surface area contributed by atoms with E-state index in [4.69, 9.17) is 33.5 Å². The van der Waals surface area contributed by atoms with Crippen LogP contribution < -0.4 is 21.9 Å². The molecule has 10 heteroatoms. The lowest BCUT2D eigenvalue weighted by molar-refractivity contribution is -0.137. The maximum Gasteiger partial charge on any atom is 0.416 e. The van der Waals surface area contributed by atoms with E-state index in [0.717, 1.165) is 12.1 Å². The topological polar surface area (TPSA) is 112 Å². The molecule has 6 nitrogen and oxygen atoms in total. The first-order valence-electron chi connectivity index (χ1n) is 8.65. The first-order valence-corrected chi connectivity index (χ1v) is 9.03. The zero-order valence-electron chi connectivity index (χ0n) is 16.0. The molecule has 0 aliphatic rings. The van der Waals surface area contributed by atoms with Crippen LogP contribution in [0.25, 0.3) is 0 Å². The van der Waals surface area contributed by atoms with E-state index in [2.05, 4.69) is 10.2 Å². The van der Waals surface area contributed by atoms with E-state index in [1.165, 1.54) is 12.1 Å². The van der Waals surface area contributed by atoms with Crippen molar-refractivity contribution in [3.63, 3.8) is 0 Å². The quantitative estimate of drug-likeness (QED) is 0.367. The van der Waals surface area contributed by atoms with Gasteiger partial charge >= 0.3 is 6.18 Å². The molecule has 0 aliphatic heterocycles. The summed E-state index contributed by atoms with van der Waals surface area (Å²) < 4.78 is 43.2. The number of nitrogens with zero attached hydrogens (tertiary/aromatic N) is 2. The van der Waals surface area contributed by atoms with Crippen LogP contribution in [0.3, 0.4) is 0 Å². The van der Waals surface area contributed by atoms with Gasteiger partial charge in [0.05, 0.1) is 16.3 Å². The summed E-state index contributed by atoms with van der Waals surface area (Å²) in [6, 6.07) is 9.53. The van der Waals surface area contributed by atoms with Crippen LogP contribution >= 0.6 is 11.6 Å². The summed E-state index contributed by atoms with van der Waals surface area (Å²) in [5.41, 5.74) is 16.9. The van der Waals surface area contributed by atoms with Crippen molar-refractivity contribution in [3.8, 4) is 5.75 Å². The van der Waals surface area contributed by atoms with E-state index in [1.807, 2.05) is 13.8 Å². The minimum Gasteiger partial charge on any atom is -0.489 e. The fraction of sp³-hybridized carbons (Fsp3) is 0.263. The Morgan fingerprint density at radius 1 is 1.03 bits per heavy atom.